The van der Waals surface area contributed by atoms with E-state index < -0.39 is 0 Å². The summed E-state index contributed by atoms with van der Waals surface area (Å²) in [5, 5.41) is 8.96. The van der Waals surface area contributed by atoms with Crippen molar-refractivity contribution in [3.63, 3.8) is 0 Å². The lowest BCUT2D eigenvalue weighted by Gasteiger charge is -2.30. The molecule has 0 saturated heterocycles. The second kappa shape index (κ2) is 7.16. The average molecular weight is 258 g/mol. The van der Waals surface area contributed by atoms with Gasteiger partial charge in [0.1, 0.15) is 11.8 Å². The minimum Gasteiger partial charge on any atom is -0.492 e. The summed E-state index contributed by atoms with van der Waals surface area (Å²) in [7, 11) is 2.18. The van der Waals surface area contributed by atoms with Crippen molar-refractivity contribution < 1.29 is 4.74 Å². The highest BCUT2D eigenvalue weighted by Gasteiger charge is 2.18. The Morgan fingerprint density at radius 3 is 2.84 bits per heavy atom. The summed E-state index contributed by atoms with van der Waals surface area (Å²) in [6.07, 6.45) is 5.21. The number of hydrogen-bond acceptors (Lipinski definition) is 3. The van der Waals surface area contributed by atoms with Crippen LogP contribution in [-0.4, -0.2) is 31.6 Å². The van der Waals surface area contributed by atoms with E-state index in [0.717, 1.165) is 18.9 Å². The maximum absolute atomic E-state index is 8.96. The van der Waals surface area contributed by atoms with E-state index in [-0.39, 0.29) is 0 Å². The average Bonchev–Trinajstić information content (AvgIpc) is 2.39. The number of nitrogens with zero attached hydrogens (tertiary/aromatic N) is 2. The van der Waals surface area contributed by atoms with Gasteiger partial charge < -0.3 is 9.64 Å². The van der Waals surface area contributed by atoms with Crippen molar-refractivity contribution in [1.82, 2.24) is 4.90 Å². The van der Waals surface area contributed by atoms with Gasteiger partial charge in [-0.05, 0) is 44.4 Å². The molecule has 0 aliphatic heterocycles. The van der Waals surface area contributed by atoms with Crippen molar-refractivity contribution in [2.75, 3.05) is 26.7 Å². The molecule has 0 unspecified atom stereocenters. The van der Waals surface area contributed by atoms with Crippen LogP contribution in [0.15, 0.2) is 24.3 Å². The van der Waals surface area contributed by atoms with Crippen molar-refractivity contribution in [3.8, 4) is 11.8 Å². The van der Waals surface area contributed by atoms with E-state index in [1.165, 1.54) is 25.8 Å². The van der Waals surface area contributed by atoms with E-state index in [9.17, 15) is 0 Å². The molecule has 0 spiro atoms. The molecule has 1 aliphatic carbocycles. The molecule has 1 aromatic carbocycles. The van der Waals surface area contributed by atoms with E-state index in [2.05, 4.69) is 18.0 Å². The first-order chi connectivity index (χ1) is 9.29. The fraction of sp³-hybridized carbons (Fsp3) is 0.562. The Balaban J connectivity index is 1.64. The summed E-state index contributed by atoms with van der Waals surface area (Å²) in [5.74, 6) is 1.62. The van der Waals surface area contributed by atoms with Crippen LogP contribution in [-0.2, 0) is 0 Å². The minimum atomic E-state index is 0.616. The molecule has 19 heavy (non-hydrogen) atoms. The van der Waals surface area contributed by atoms with E-state index >= 15 is 0 Å². The van der Waals surface area contributed by atoms with E-state index in [4.69, 9.17) is 10.00 Å². The van der Waals surface area contributed by atoms with Crippen molar-refractivity contribution >= 4 is 0 Å². The number of benzene rings is 1. The standard InChI is InChI=1S/C16H22N2O/c1-18(13-14-6-4-7-14)10-5-11-19-16-9-3-2-8-15(16)12-17/h2-3,8-9,14H,4-7,10-11,13H2,1H3. The zero-order valence-corrected chi connectivity index (χ0v) is 11.6. The molecule has 1 aromatic rings. The highest BCUT2D eigenvalue weighted by Crippen LogP contribution is 2.26. The monoisotopic (exact) mass is 258 g/mol. The van der Waals surface area contributed by atoms with Crippen LogP contribution in [0.4, 0.5) is 0 Å². The van der Waals surface area contributed by atoms with Gasteiger partial charge in [-0.3, -0.25) is 0 Å². The van der Waals surface area contributed by atoms with Gasteiger partial charge >= 0.3 is 0 Å². The number of rotatable bonds is 7. The van der Waals surface area contributed by atoms with Crippen LogP contribution < -0.4 is 4.74 Å². The number of hydrogen-bond donors (Lipinski definition) is 0. The lowest BCUT2D eigenvalue weighted by atomic mass is 9.85. The van der Waals surface area contributed by atoms with E-state index in [1.54, 1.807) is 6.07 Å². The molecule has 3 nitrogen and oxygen atoms in total. The summed E-state index contributed by atoms with van der Waals surface area (Å²) in [4.78, 5) is 2.39. The second-order valence-electron chi connectivity index (χ2n) is 5.37. The van der Waals surface area contributed by atoms with Gasteiger partial charge in [-0.25, -0.2) is 0 Å². The van der Waals surface area contributed by atoms with Crippen LogP contribution in [0.3, 0.4) is 0 Å². The predicted molar refractivity (Wildman–Crippen MR) is 76.1 cm³/mol. The van der Waals surface area contributed by atoms with Crippen molar-refractivity contribution in [2.24, 2.45) is 5.92 Å². The fourth-order valence-corrected chi connectivity index (χ4v) is 2.41. The summed E-state index contributed by atoms with van der Waals surface area (Å²) >= 11 is 0. The molecule has 2 rings (SSSR count). The van der Waals surface area contributed by atoms with Gasteiger partial charge in [0, 0.05) is 13.1 Å². The minimum absolute atomic E-state index is 0.616. The highest BCUT2D eigenvalue weighted by atomic mass is 16.5. The van der Waals surface area contributed by atoms with Crippen LogP contribution in [0.5, 0.6) is 5.75 Å². The predicted octanol–water partition coefficient (Wildman–Crippen LogP) is 3.06. The molecular weight excluding hydrogens is 236 g/mol. The van der Waals surface area contributed by atoms with E-state index in [0.29, 0.717) is 17.9 Å². The first-order valence-corrected chi connectivity index (χ1v) is 7.10. The van der Waals surface area contributed by atoms with Crippen molar-refractivity contribution in [3.05, 3.63) is 29.8 Å². The molecule has 1 saturated carbocycles. The Labute approximate surface area is 115 Å². The number of ether oxygens (including phenoxy) is 1. The molecule has 0 radical (unpaired) electrons. The lowest BCUT2D eigenvalue weighted by Crippen LogP contribution is -2.30. The van der Waals surface area contributed by atoms with Crippen LogP contribution in [0, 0.1) is 17.2 Å². The third kappa shape index (κ3) is 4.25. The molecule has 102 valence electrons. The Hall–Kier alpha value is -1.53. The molecule has 0 atom stereocenters. The third-order valence-electron chi connectivity index (χ3n) is 3.74. The Bertz CT molecular complexity index is 435. The largest absolute Gasteiger partial charge is 0.492 e. The zero-order valence-electron chi connectivity index (χ0n) is 11.6. The molecule has 0 N–H and O–H groups in total. The summed E-state index contributed by atoms with van der Waals surface area (Å²) in [6.45, 7) is 2.95. The normalized spacial score (nSPS) is 15.0. The van der Waals surface area contributed by atoms with Crippen LogP contribution in [0.25, 0.3) is 0 Å². The molecule has 3 heteroatoms. The van der Waals surface area contributed by atoms with Gasteiger partial charge in [0.05, 0.1) is 12.2 Å². The van der Waals surface area contributed by atoms with Crippen LogP contribution in [0.1, 0.15) is 31.2 Å². The SMILES string of the molecule is CN(CCCOc1ccccc1C#N)CC1CCC1. The molecule has 1 aliphatic rings. The molecule has 0 heterocycles. The maximum atomic E-state index is 8.96. The van der Waals surface area contributed by atoms with Crippen LogP contribution >= 0.6 is 0 Å². The molecule has 0 amide bonds. The van der Waals surface area contributed by atoms with Gasteiger partial charge in [-0.1, -0.05) is 18.6 Å². The number of para-hydroxylation sites is 1. The summed E-state index contributed by atoms with van der Waals surface area (Å²) < 4.78 is 5.67. The fourth-order valence-electron chi connectivity index (χ4n) is 2.41. The molecule has 0 aromatic heterocycles. The zero-order chi connectivity index (χ0) is 13.5. The van der Waals surface area contributed by atoms with Gasteiger partial charge in [-0.2, -0.15) is 5.26 Å². The smallest absolute Gasteiger partial charge is 0.137 e. The van der Waals surface area contributed by atoms with Crippen molar-refractivity contribution in [2.45, 2.75) is 25.7 Å². The van der Waals surface area contributed by atoms with Gasteiger partial charge in [0.25, 0.3) is 0 Å². The second-order valence-corrected chi connectivity index (χ2v) is 5.37. The quantitative estimate of drug-likeness (QED) is 0.705. The van der Waals surface area contributed by atoms with Crippen LogP contribution in [0.2, 0.25) is 0 Å². The Morgan fingerprint density at radius 1 is 1.37 bits per heavy atom. The Kier molecular flexibility index (Phi) is 5.23. The molecule has 0 bridgehead atoms. The van der Waals surface area contributed by atoms with Gasteiger partial charge in [0.15, 0.2) is 0 Å². The molecular formula is C16H22N2O. The topological polar surface area (TPSA) is 36.3 Å². The summed E-state index contributed by atoms with van der Waals surface area (Å²) in [5.41, 5.74) is 0.616. The molecule has 1 fully saturated rings. The van der Waals surface area contributed by atoms with Gasteiger partial charge in [0.2, 0.25) is 0 Å². The van der Waals surface area contributed by atoms with Gasteiger partial charge in [-0.15, -0.1) is 0 Å². The van der Waals surface area contributed by atoms with E-state index in [1.807, 2.05) is 18.2 Å². The highest BCUT2D eigenvalue weighted by molar-refractivity contribution is 5.42. The number of nitriles is 1. The lowest BCUT2D eigenvalue weighted by molar-refractivity contribution is 0.192. The first-order valence-electron chi connectivity index (χ1n) is 7.10. The maximum Gasteiger partial charge on any atom is 0.137 e. The summed E-state index contributed by atoms with van der Waals surface area (Å²) in [6, 6.07) is 9.56. The Morgan fingerprint density at radius 2 is 2.16 bits per heavy atom. The third-order valence-corrected chi connectivity index (χ3v) is 3.74. The first kappa shape index (κ1) is 13.9. The van der Waals surface area contributed by atoms with Crippen molar-refractivity contribution in [1.29, 1.82) is 5.26 Å².